The number of nitrogens with one attached hydrogen (secondary N) is 1. The molecule has 0 saturated carbocycles. The lowest BCUT2D eigenvalue weighted by Gasteiger charge is -2.14. The number of fused-ring (bicyclic) bond motifs is 1. The Bertz CT molecular complexity index is 1090. The molecule has 0 aliphatic carbocycles. The molecule has 1 atom stereocenters. The minimum absolute atomic E-state index is 0.0372. The van der Waals surface area contributed by atoms with Gasteiger partial charge in [-0.2, -0.15) is 20.5 Å². The monoisotopic (exact) mass is 386 g/mol. The normalized spacial score (nSPS) is 12.4. The number of hydrogen-bond acceptors (Lipinski definition) is 5. The highest BCUT2D eigenvalue weighted by Gasteiger charge is 2.16. The van der Waals surface area contributed by atoms with Gasteiger partial charge in [-0.05, 0) is 25.1 Å². The first kappa shape index (κ1) is 17.4. The van der Waals surface area contributed by atoms with Gasteiger partial charge in [0, 0.05) is 23.4 Å². The maximum atomic E-state index is 13.1. The summed E-state index contributed by atoms with van der Waals surface area (Å²) < 4.78 is 20.8. The lowest BCUT2D eigenvalue weighted by atomic mass is 10.1. The highest BCUT2D eigenvalue weighted by atomic mass is 35.5. The van der Waals surface area contributed by atoms with Crippen LogP contribution < -0.4 is 4.74 Å². The second-order valence-corrected chi connectivity index (χ2v) is 6.66. The smallest absolute Gasteiger partial charge is 0.147 e. The number of nitrogens with zero attached hydrogens (tertiary/aromatic N) is 5. The van der Waals surface area contributed by atoms with E-state index in [1.165, 1.54) is 12.3 Å². The molecule has 4 aromatic heterocycles. The van der Waals surface area contributed by atoms with Gasteiger partial charge in [0.2, 0.25) is 0 Å². The van der Waals surface area contributed by atoms with E-state index in [0.717, 1.165) is 17.0 Å². The summed E-state index contributed by atoms with van der Waals surface area (Å²) in [6, 6.07) is 4.90. The Balaban J connectivity index is 1.66. The standard InChI is InChI=1S/C18H16ClFN6O/c1-10(15-4-3-13(20)6-21-15)9-27-16-5-12(17-11(2)23-25-24-17)8-26-18(16)14(19)7-22-26/h3-8,10H,9H2,1-2H3,(H,23,24,25). The van der Waals surface area contributed by atoms with E-state index in [1.54, 1.807) is 16.8 Å². The maximum Gasteiger partial charge on any atom is 0.147 e. The van der Waals surface area contributed by atoms with Gasteiger partial charge in [0.25, 0.3) is 0 Å². The Hall–Kier alpha value is -3.00. The topological polar surface area (TPSA) is 81.0 Å². The van der Waals surface area contributed by atoms with Gasteiger partial charge in [-0.15, -0.1) is 0 Å². The van der Waals surface area contributed by atoms with Gasteiger partial charge in [-0.3, -0.25) is 4.98 Å². The van der Waals surface area contributed by atoms with Crippen LogP contribution in [0.15, 0.2) is 36.8 Å². The highest BCUT2D eigenvalue weighted by molar-refractivity contribution is 6.34. The van der Waals surface area contributed by atoms with Crippen LogP contribution in [0.2, 0.25) is 5.02 Å². The Kier molecular flexibility index (Phi) is 4.49. The molecule has 0 bridgehead atoms. The zero-order valence-electron chi connectivity index (χ0n) is 14.6. The van der Waals surface area contributed by atoms with Gasteiger partial charge in [-0.1, -0.05) is 18.5 Å². The lowest BCUT2D eigenvalue weighted by Crippen LogP contribution is -2.09. The molecule has 1 unspecified atom stereocenters. The van der Waals surface area contributed by atoms with Crippen LogP contribution >= 0.6 is 11.6 Å². The van der Waals surface area contributed by atoms with Crippen molar-refractivity contribution in [2.75, 3.05) is 6.61 Å². The molecule has 7 nitrogen and oxygen atoms in total. The van der Waals surface area contributed by atoms with Gasteiger partial charge in [0.15, 0.2) is 0 Å². The van der Waals surface area contributed by atoms with Crippen molar-refractivity contribution in [3.05, 3.63) is 59.0 Å². The average molecular weight is 387 g/mol. The van der Waals surface area contributed by atoms with Crippen molar-refractivity contribution in [2.24, 2.45) is 0 Å². The minimum atomic E-state index is -0.365. The van der Waals surface area contributed by atoms with E-state index in [2.05, 4.69) is 25.5 Å². The molecule has 4 rings (SSSR count). The molecule has 4 heterocycles. The molecule has 138 valence electrons. The highest BCUT2D eigenvalue weighted by Crippen LogP contribution is 2.32. The molecule has 0 spiro atoms. The van der Waals surface area contributed by atoms with Crippen LogP contribution in [0.5, 0.6) is 5.75 Å². The largest absolute Gasteiger partial charge is 0.491 e. The van der Waals surface area contributed by atoms with E-state index in [9.17, 15) is 4.39 Å². The lowest BCUT2D eigenvalue weighted by molar-refractivity contribution is 0.296. The van der Waals surface area contributed by atoms with Crippen molar-refractivity contribution in [2.45, 2.75) is 19.8 Å². The molecule has 0 aliphatic heterocycles. The summed E-state index contributed by atoms with van der Waals surface area (Å²) in [5.41, 5.74) is 3.69. The van der Waals surface area contributed by atoms with Crippen LogP contribution in [-0.2, 0) is 0 Å². The van der Waals surface area contributed by atoms with Crippen molar-refractivity contribution < 1.29 is 9.13 Å². The van der Waals surface area contributed by atoms with Crippen molar-refractivity contribution in [3.8, 4) is 17.0 Å². The Morgan fingerprint density at radius 1 is 1.30 bits per heavy atom. The first-order valence-corrected chi connectivity index (χ1v) is 8.69. The van der Waals surface area contributed by atoms with Crippen LogP contribution in [0.1, 0.15) is 24.2 Å². The molecule has 0 radical (unpaired) electrons. The van der Waals surface area contributed by atoms with E-state index >= 15 is 0 Å². The third-order valence-electron chi connectivity index (χ3n) is 4.27. The van der Waals surface area contributed by atoms with Crippen molar-refractivity contribution in [1.82, 2.24) is 30.0 Å². The molecule has 1 N–H and O–H groups in total. The summed E-state index contributed by atoms with van der Waals surface area (Å²) in [5, 5.41) is 15.6. The number of aryl methyl sites for hydroxylation is 1. The maximum absolute atomic E-state index is 13.1. The van der Waals surface area contributed by atoms with Crippen molar-refractivity contribution in [3.63, 3.8) is 0 Å². The first-order valence-electron chi connectivity index (χ1n) is 8.32. The van der Waals surface area contributed by atoms with E-state index in [0.29, 0.717) is 28.6 Å². The fraction of sp³-hybridized carbons (Fsp3) is 0.222. The second-order valence-electron chi connectivity index (χ2n) is 6.25. The van der Waals surface area contributed by atoms with Gasteiger partial charge in [0.1, 0.15) is 22.8 Å². The van der Waals surface area contributed by atoms with E-state index < -0.39 is 0 Å². The minimum Gasteiger partial charge on any atom is -0.491 e. The Labute approximate surface area is 159 Å². The Morgan fingerprint density at radius 3 is 2.85 bits per heavy atom. The summed E-state index contributed by atoms with van der Waals surface area (Å²) in [6.07, 6.45) is 4.59. The third-order valence-corrected chi connectivity index (χ3v) is 4.55. The van der Waals surface area contributed by atoms with Gasteiger partial charge in [-0.25, -0.2) is 8.91 Å². The summed E-state index contributed by atoms with van der Waals surface area (Å²) in [5.74, 6) is 0.173. The quantitative estimate of drug-likeness (QED) is 0.564. The second kappa shape index (κ2) is 6.96. The predicted octanol–water partition coefficient (Wildman–Crippen LogP) is 3.80. The molecular formula is C18H16ClFN6O. The molecule has 0 fully saturated rings. The van der Waals surface area contributed by atoms with E-state index in [4.69, 9.17) is 16.3 Å². The van der Waals surface area contributed by atoms with Gasteiger partial charge in [0.05, 0.1) is 29.7 Å². The molecule has 0 amide bonds. The van der Waals surface area contributed by atoms with E-state index in [1.807, 2.05) is 26.1 Å². The summed E-state index contributed by atoms with van der Waals surface area (Å²) in [4.78, 5) is 4.11. The molecule has 27 heavy (non-hydrogen) atoms. The predicted molar refractivity (Wildman–Crippen MR) is 98.4 cm³/mol. The number of H-pyrrole nitrogens is 1. The first-order chi connectivity index (χ1) is 13.0. The number of halogens is 2. The molecule has 0 aromatic carbocycles. The van der Waals surface area contributed by atoms with Crippen LogP contribution in [0.3, 0.4) is 0 Å². The summed E-state index contributed by atoms with van der Waals surface area (Å²) >= 11 is 6.28. The fourth-order valence-electron chi connectivity index (χ4n) is 2.82. The molecule has 4 aromatic rings. The number of aromatic nitrogens is 6. The number of hydrogen-bond donors (Lipinski definition) is 1. The average Bonchev–Trinajstić information content (AvgIpc) is 3.26. The van der Waals surface area contributed by atoms with Crippen molar-refractivity contribution in [1.29, 1.82) is 0 Å². The van der Waals surface area contributed by atoms with Crippen LogP contribution in [-0.4, -0.2) is 36.6 Å². The molecule has 9 heteroatoms. The SMILES string of the molecule is Cc1n[nH]nc1-c1cc(OCC(C)c2ccc(F)cn2)c2c(Cl)cnn2c1. The fourth-order valence-corrected chi connectivity index (χ4v) is 3.05. The number of pyridine rings is 2. The zero-order valence-corrected chi connectivity index (χ0v) is 15.4. The van der Waals surface area contributed by atoms with E-state index in [-0.39, 0.29) is 11.7 Å². The Morgan fingerprint density at radius 2 is 2.15 bits per heavy atom. The van der Waals surface area contributed by atoms with Gasteiger partial charge >= 0.3 is 0 Å². The zero-order chi connectivity index (χ0) is 19.0. The number of ether oxygens (including phenoxy) is 1. The van der Waals surface area contributed by atoms with Crippen LogP contribution in [0.25, 0.3) is 16.8 Å². The summed E-state index contributed by atoms with van der Waals surface area (Å²) in [6.45, 7) is 4.17. The molecule has 0 saturated heterocycles. The van der Waals surface area contributed by atoms with Gasteiger partial charge < -0.3 is 4.74 Å². The number of rotatable bonds is 5. The third kappa shape index (κ3) is 3.35. The molecule has 0 aliphatic rings. The van der Waals surface area contributed by atoms with Crippen molar-refractivity contribution >= 4 is 17.1 Å². The van der Waals surface area contributed by atoms with Crippen LogP contribution in [0.4, 0.5) is 4.39 Å². The summed E-state index contributed by atoms with van der Waals surface area (Å²) in [7, 11) is 0. The molecular weight excluding hydrogens is 371 g/mol. The van der Waals surface area contributed by atoms with Crippen LogP contribution in [0, 0.1) is 12.7 Å². The number of aromatic amines is 1.